The SMILES string of the molecule is CC(=O)C[C@@H](C)c1ccc(OC2CN(c3cc(OC(C)C)ncn3)C2)cc1. The fourth-order valence-electron chi connectivity index (χ4n) is 3.12. The molecule has 0 N–H and O–H groups in total. The van der Waals surface area contributed by atoms with Gasteiger partial charge in [-0.15, -0.1) is 0 Å². The molecule has 6 heteroatoms. The van der Waals surface area contributed by atoms with E-state index in [9.17, 15) is 4.79 Å². The standard InChI is InChI=1S/C21H27N3O3/c1-14(2)26-21-10-20(22-13-23-21)24-11-19(12-24)27-18-7-5-17(6-8-18)15(3)9-16(4)25/h5-8,10,13-15,19H,9,11-12H2,1-4H3/t15-/m1/s1. The monoisotopic (exact) mass is 369 g/mol. The Kier molecular flexibility index (Phi) is 5.94. The zero-order valence-electron chi connectivity index (χ0n) is 16.4. The molecule has 1 atom stereocenters. The van der Waals surface area contributed by atoms with Crippen molar-refractivity contribution in [2.45, 2.75) is 52.2 Å². The van der Waals surface area contributed by atoms with Gasteiger partial charge in [0, 0.05) is 12.5 Å². The summed E-state index contributed by atoms with van der Waals surface area (Å²) in [4.78, 5) is 21.9. The summed E-state index contributed by atoms with van der Waals surface area (Å²) in [6, 6.07) is 9.90. The number of ketones is 1. The molecule has 2 aromatic rings. The van der Waals surface area contributed by atoms with Crippen LogP contribution in [0, 0.1) is 0 Å². The lowest BCUT2D eigenvalue weighted by molar-refractivity contribution is -0.117. The van der Waals surface area contributed by atoms with Gasteiger partial charge in [0.2, 0.25) is 5.88 Å². The lowest BCUT2D eigenvalue weighted by atomic mass is 9.96. The number of nitrogens with zero attached hydrogens (tertiary/aromatic N) is 3. The van der Waals surface area contributed by atoms with Gasteiger partial charge in [-0.25, -0.2) is 9.97 Å². The topological polar surface area (TPSA) is 64.5 Å². The number of carbonyl (C=O) groups is 1. The summed E-state index contributed by atoms with van der Waals surface area (Å²) in [5, 5.41) is 0. The average molecular weight is 369 g/mol. The first kappa shape index (κ1) is 19.1. The summed E-state index contributed by atoms with van der Waals surface area (Å²) in [5.41, 5.74) is 1.16. The summed E-state index contributed by atoms with van der Waals surface area (Å²) < 4.78 is 11.6. The maximum atomic E-state index is 11.3. The Labute approximate surface area is 160 Å². The third kappa shape index (κ3) is 5.18. The molecule has 3 rings (SSSR count). The minimum Gasteiger partial charge on any atom is -0.487 e. The molecule has 0 aliphatic carbocycles. The molecule has 1 aliphatic heterocycles. The van der Waals surface area contributed by atoms with E-state index in [0.29, 0.717) is 12.3 Å². The Bertz CT molecular complexity index is 770. The van der Waals surface area contributed by atoms with Gasteiger partial charge in [-0.2, -0.15) is 0 Å². The second-order valence-corrected chi connectivity index (χ2v) is 7.40. The first-order valence-electron chi connectivity index (χ1n) is 9.40. The molecular weight excluding hydrogens is 342 g/mol. The summed E-state index contributed by atoms with van der Waals surface area (Å²) in [5.74, 6) is 2.74. The van der Waals surface area contributed by atoms with E-state index in [-0.39, 0.29) is 23.9 Å². The van der Waals surface area contributed by atoms with Gasteiger partial charge < -0.3 is 19.2 Å². The summed E-state index contributed by atoms with van der Waals surface area (Å²) in [7, 11) is 0. The highest BCUT2D eigenvalue weighted by Crippen LogP contribution is 2.26. The van der Waals surface area contributed by atoms with Crippen molar-refractivity contribution in [1.29, 1.82) is 0 Å². The first-order chi connectivity index (χ1) is 12.9. The van der Waals surface area contributed by atoms with Crippen molar-refractivity contribution in [3.05, 3.63) is 42.2 Å². The van der Waals surface area contributed by atoms with Crippen LogP contribution in [-0.4, -0.2) is 41.0 Å². The van der Waals surface area contributed by atoms with Crippen molar-refractivity contribution in [3.8, 4) is 11.6 Å². The molecule has 0 unspecified atom stereocenters. The van der Waals surface area contributed by atoms with Crippen LogP contribution in [0.25, 0.3) is 0 Å². The molecule has 6 nitrogen and oxygen atoms in total. The first-order valence-corrected chi connectivity index (χ1v) is 9.40. The number of benzene rings is 1. The van der Waals surface area contributed by atoms with E-state index in [1.807, 2.05) is 44.2 Å². The van der Waals surface area contributed by atoms with E-state index in [2.05, 4.69) is 21.8 Å². The van der Waals surface area contributed by atoms with Crippen LogP contribution >= 0.6 is 0 Å². The third-order valence-corrected chi connectivity index (χ3v) is 4.50. The molecule has 1 fully saturated rings. The molecule has 1 aliphatic rings. The fraction of sp³-hybridized carbons (Fsp3) is 0.476. The predicted octanol–water partition coefficient (Wildman–Crippen LogP) is 3.61. The molecular formula is C21H27N3O3. The number of Topliss-reactive ketones (excluding diaryl/α,β-unsaturated/α-hetero) is 1. The second-order valence-electron chi connectivity index (χ2n) is 7.40. The molecule has 0 saturated carbocycles. The van der Waals surface area contributed by atoms with Gasteiger partial charge in [0.15, 0.2) is 0 Å². The van der Waals surface area contributed by atoms with Crippen LogP contribution in [0.5, 0.6) is 11.6 Å². The highest BCUT2D eigenvalue weighted by Gasteiger charge is 2.30. The van der Waals surface area contributed by atoms with Crippen LogP contribution in [0.15, 0.2) is 36.7 Å². The van der Waals surface area contributed by atoms with Gasteiger partial charge >= 0.3 is 0 Å². The number of hydrogen-bond acceptors (Lipinski definition) is 6. The number of rotatable bonds is 8. The molecule has 144 valence electrons. The Morgan fingerprint density at radius 1 is 1.19 bits per heavy atom. The smallest absolute Gasteiger partial charge is 0.218 e. The number of hydrogen-bond donors (Lipinski definition) is 0. The van der Waals surface area contributed by atoms with Crippen LogP contribution in [-0.2, 0) is 4.79 Å². The largest absolute Gasteiger partial charge is 0.487 e. The predicted molar refractivity (Wildman–Crippen MR) is 105 cm³/mol. The number of aromatic nitrogens is 2. The Morgan fingerprint density at radius 2 is 1.89 bits per heavy atom. The molecule has 1 aromatic carbocycles. The normalized spacial score (nSPS) is 15.4. The highest BCUT2D eigenvalue weighted by atomic mass is 16.5. The van der Waals surface area contributed by atoms with Gasteiger partial charge in [0.05, 0.1) is 19.2 Å². The molecule has 0 amide bonds. The van der Waals surface area contributed by atoms with Crippen molar-refractivity contribution in [2.75, 3.05) is 18.0 Å². The van der Waals surface area contributed by atoms with Crippen molar-refractivity contribution < 1.29 is 14.3 Å². The van der Waals surface area contributed by atoms with Crippen molar-refractivity contribution in [1.82, 2.24) is 9.97 Å². The van der Waals surface area contributed by atoms with Crippen molar-refractivity contribution in [2.24, 2.45) is 0 Å². The Morgan fingerprint density at radius 3 is 2.52 bits per heavy atom. The van der Waals surface area contributed by atoms with E-state index in [0.717, 1.165) is 30.2 Å². The van der Waals surface area contributed by atoms with Gasteiger partial charge in [-0.3, -0.25) is 0 Å². The fourth-order valence-corrected chi connectivity index (χ4v) is 3.12. The van der Waals surface area contributed by atoms with Crippen LogP contribution in [0.3, 0.4) is 0 Å². The number of ether oxygens (including phenoxy) is 2. The zero-order chi connectivity index (χ0) is 19.4. The van der Waals surface area contributed by atoms with Crippen molar-refractivity contribution in [3.63, 3.8) is 0 Å². The van der Waals surface area contributed by atoms with Crippen LogP contribution < -0.4 is 14.4 Å². The maximum absolute atomic E-state index is 11.3. The van der Waals surface area contributed by atoms with E-state index >= 15 is 0 Å². The average Bonchev–Trinajstić information content (AvgIpc) is 2.57. The summed E-state index contributed by atoms with van der Waals surface area (Å²) >= 11 is 0. The quantitative estimate of drug-likeness (QED) is 0.708. The van der Waals surface area contributed by atoms with Gasteiger partial charge in [0.1, 0.15) is 29.8 Å². The second kappa shape index (κ2) is 8.37. The van der Waals surface area contributed by atoms with E-state index in [4.69, 9.17) is 9.47 Å². The minimum absolute atomic E-state index is 0.0846. The molecule has 0 radical (unpaired) electrons. The van der Waals surface area contributed by atoms with E-state index in [1.165, 1.54) is 6.33 Å². The maximum Gasteiger partial charge on any atom is 0.218 e. The van der Waals surface area contributed by atoms with Gasteiger partial charge in [0.25, 0.3) is 0 Å². The number of anilines is 1. The van der Waals surface area contributed by atoms with Gasteiger partial charge in [-0.1, -0.05) is 19.1 Å². The summed E-state index contributed by atoms with van der Waals surface area (Å²) in [6.45, 7) is 9.20. The van der Waals surface area contributed by atoms with Crippen LogP contribution in [0.1, 0.15) is 45.6 Å². The molecule has 0 spiro atoms. The van der Waals surface area contributed by atoms with Gasteiger partial charge in [-0.05, 0) is 44.4 Å². The Hall–Kier alpha value is -2.63. The van der Waals surface area contributed by atoms with Crippen molar-refractivity contribution >= 4 is 11.6 Å². The van der Waals surface area contributed by atoms with E-state index < -0.39 is 0 Å². The van der Waals surface area contributed by atoms with Crippen LogP contribution in [0.4, 0.5) is 5.82 Å². The Balaban J connectivity index is 1.51. The van der Waals surface area contributed by atoms with E-state index in [1.54, 1.807) is 6.92 Å². The molecule has 27 heavy (non-hydrogen) atoms. The molecule has 1 saturated heterocycles. The molecule has 2 heterocycles. The van der Waals surface area contributed by atoms with Crippen LogP contribution in [0.2, 0.25) is 0 Å². The lowest BCUT2D eigenvalue weighted by Crippen LogP contribution is -2.54. The molecule has 1 aromatic heterocycles. The minimum atomic E-state index is 0.0846. The molecule has 0 bridgehead atoms. The summed E-state index contributed by atoms with van der Waals surface area (Å²) in [6.07, 6.45) is 2.32. The zero-order valence-corrected chi connectivity index (χ0v) is 16.4. The third-order valence-electron chi connectivity index (χ3n) is 4.50. The lowest BCUT2D eigenvalue weighted by Gasteiger charge is -2.39. The highest BCUT2D eigenvalue weighted by molar-refractivity contribution is 5.76. The number of carbonyl (C=O) groups excluding carboxylic acids is 1.